The van der Waals surface area contributed by atoms with Gasteiger partial charge in [-0.05, 0) is 42.3 Å². The molecule has 4 nitrogen and oxygen atoms in total. The second kappa shape index (κ2) is 6.37. The fraction of sp³-hybridized carbons (Fsp3) is 0.200. The third kappa shape index (κ3) is 3.89. The first kappa shape index (κ1) is 15.7. The number of aromatic hydroxyl groups is 1. The van der Waals surface area contributed by atoms with Crippen LogP contribution in [0.1, 0.15) is 18.9 Å². The van der Waals surface area contributed by atoms with E-state index in [9.17, 15) is 13.5 Å². The average Bonchev–Trinajstić information content (AvgIpc) is 2.44. The van der Waals surface area contributed by atoms with Gasteiger partial charge >= 0.3 is 0 Å². The fourth-order valence-electron chi connectivity index (χ4n) is 1.92. The minimum atomic E-state index is -3.75. The molecule has 0 saturated carbocycles. The Balaban J connectivity index is 2.27. The molecule has 0 aliphatic rings. The zero-order valence-corrected chi connectivity index (χ0v) is 13.1. The first-order valence-electron chi connectivity index (χ1n) is 6.52. The fourth-order valence-corrected chi connectivity index (χ4v) is 3.15. The van der Waals surface area contributed by atoms with Crippen molar-refractivity contribution >= 4 is 27.3 Å². The van der Waals surface area contributed by atoms with E-state index in [4.69, 9.17) is 11.6 Å². The summed E-state index contributed by atoms with van der Waals surface area (Å²) in [6, 6.07) is 10.9. The summed E-state index contributed by atoms with van der Waals surface area (Å²) >= 11 is 5.80. The standard InChI is InChI=1S/C15H16ClNO3S/c1-2-3-11-4-7-13(8-5-11)21(19,20)17-14-10-12(16)6-9-15(14)18/h4-10,17-18H,2-3H2,1H3. The minimum Gasteiger partial charge on any atom is -0.506 e. The van der Waals surface area contributed by atoms with Gasteiger partial charge in [-0.25, -0.2) is 8.42 Å². The monoisotopic (exact) mass is 325 g/mol. The van der Waals surface area contributed by atoms with Crippen molar-refractivity contribution in [1.82, 2.24) is 0 Å². The Morgan fingerprint density at radius 3 is 2.43 bits per heavy atom. The minimum absolute atomic E-state index is 0.0557. The number of nitrogens with one attached hydrogen (secondary N) is 1. The molecule has 2 aromatic carbocycles. The second-order valence-corrected chi connectivity index (χ2v) is 6.78. The predicted octanol–water partition coefficient (Wildman–Crippen LogP) is 3.80. The zero-order chi connectivity index (χ0) is 15.5. The molecule has 0 aliphatic heterocycles. The molecule has 0 spiro atoms. The summed E-state index contributed by atoms with van der Waals surface area (Å²) in [6.07, 6.45) is 1.91. The molecule has 0 fully saturated rings. The smallest absolute Gasteiger partial charge is 0.262 e. The van der Waals surface area contributed by atoms with Gasteiger partial charge in [0.1, 0.15) is 5.75 Å². The van der Waals surface area contributed by atoms with Gasteiger partial charge in [0.15, 0.2) is 0 Å². The van der Waals surface area contributed by atoms with Crippen LogP contribution in [0, 0.1) is 0 Å². The highest BCUT2D eigenvalue weighted by Gasteiger charge is 2.16. The highest BCUT2D eigenvalue weighted by atomic mass is 35.5. The molecule has 0 aliphatic carbocycles. The molecule has 2 N–H and O–H groups in total. The topological polar surface area (TPSA) is 66.4 Å². The van der Waals surface area contributed by atoms with Crippen LogP contribution in [0.15, 0.2) is 47.4 Å². The Kier molecular flexibility index (Phi) is 4.75. The van der Waals surface area contributed by atoms with Crippen LogP contribution in [0.2, 0.25) is 5.02 Å². The quantitative estimate of drug-likeness (QED) is 0.822. The normalized spacial score (nSPS) is 11.3. The molecule has 0 radical (unpaired) electrons. The van der Waals surface area contributed by atoms with Gasteiger partial charge in [0, 0.05) is 5.02 Å². The van der Waals surface area contributed by atoms with E-state index < -0.39 is 10.0 Å². The number of rotatable bonds is 5. The molecule has 0 heterocycles. The van der Waals surface area contributed by atoms with E-state index in [0.29, 0.717) is 5.02 Å². The van der Waals surface area contributed by atoms with Gasteiger partial charge in [0.2, 0.25) is 0 Å². The van der Waals surface area contributed by atoms with Crippen molar-refractivity contribution in [3.05, 3.63) is 53.1 Å². The molecule has 2 aromatic rings. The van der Waals surface area contributed by atoms with Crippen molar-refractivity contribution in [2.75, 3.05) is 4.72 Å². The lowest BCUT2D eigenvalue weighted by atomic mass is 10.1. The highest BCUT2D eigenvalue weighted by molar-refractivity contribution is 7.92. The van der Waals surface area contributed by atoms with Gasteiger partial charge in [-0.1, -0.05) is 37.1 Å². The Bertz CT molecular complexity index is 727. The number of phenolic OH excluding ortho intramolecular Hbond substituents is 1. The van der Waals surface area contributed by atoms with Gasteiger partial charge < -0.3 is 5.11 Å². The third-order valence-corrected chi connectivity index (χ3v) is 4.59. The summed E-state index contributed by atoms with van der Waals surface area (Å²) < 4.78 is 26.9. The molecule has 0 unspecified atom stereocenters. The summed E-state index contributed by atoms with van der Waals surface area (Å²) in [7, 11) is -3.75. The first-order valence-corrected chi connectivity index (χ1v) is 8.39. The van der Waals surface area contributed by atoms with E-state index in [1.165, 1.54) is 18.2 Å². The maximum atomic E-state index is 12.3. The van der Waals surface area contributed by atoms with Crippen LogP contribution in [-0.2, 0) is 16.4 Å². The van der Waals surface area contributed by atoms with Gasteiger partial charge in [-0.3, -0.25) is 4.72 Å². The van der Waals surface area contributed by atoms with E-state index in [1.54, 1.807) is 24.3 Å². The van der Waals surface area contributed by atoms with E-state index in [1.807, 2.05) is 0 Å². The number of anilines is 1. The molecular formula is C15H16ClNO3S. The van der Waals surface area contributed by atoms with Gasteiger partial charge in [0.05, 0.1) is 10.6 Å². The second-order valence-electron chi connectivity index (χ2n) is 4.66. The van der Waals surface area contributed by atoms with Gasteiger partial charge in [0.25, 0.3) is 10.0 Å². The maximum Gasteiger partial charge on any atom is 0.262 e. The number of aryl methyl sites for hydroxylation is 1. The van der Waals surface area contributed by atoms with Crippen LogP contribution >= 0.6 is 11.6 Å². The Labute approximate surface area is 129 Å². The highest BCUT2D eigenvalue weighted by Crippen LogP contribution is 2.28. The number of hydrogen-bond acceptors (Lipinski definition) is 3. The van der Waals surface area contributed by atoms with Crippen LogP contribution in [-0.4, -0.2) is 13.5 Å². The average molecular weight is 326 g/mol. The molecule has 0 bridgehead atoms. The number of sulfonamides is 1. The number of halogens is 1. The lowest BCUT2D eigenvalue weighted by Gasteiger charge is -2.10. The summed E-state index contributed by atoms with van der Waals surface area (Å²) in [5.41, 5.74) is 1.14. The molecular weight excluding hydrogens is 310 g/mol. The van der Waals surface area contributed by atoms with Crippen LogP contribution < -0.4 is 4.72 Å². The molecule has 112 valence electrons. The number of phenols is 1. The van der Waals surface area contributed by atoms with Crippen LogP contribution in [0.5, 0.6) is 5.75 Å². The third-order valence-electron chi connectivity index (χ3n) is 2.98. The Morgan fingerprint density at radius 1 is 1.14 bits per heavy atom. The molecule has 0 saturated heterocycles. The molecule has 0 amide bonds. The maximum absolute atomic E-state index is 12.3. The molecule has 0 atom stereocenters. The summed E-state index contributed by atoms with van der Waals surface area (Å²) in [5.74, 6) is -0.175. The molecule has 2 rings (SSSR count). The van der Waals surface area contributed by atoms with E-state index in [2.05, 4.69) is 11.6 Å². The van der Waals surface area contributed by atoms with Crippen LogP contribution in [0.25, 0.3) is 0 Å². The lowest BCUT2D eigenvalue weighted by molar-refractivity contribution is 0.477. The van der Waals surface area contributed by atoms with Crippen LogP contribution in [0.3, 0.4) is 0 Å². The van der Waals surface area contributed by atoms with E-state index in [-0.39, 0.29) is 16.3 Å². The Hall–Kier alpha value is -1.72. The van der Waals surface area contributed by atoms with Crippen molar-refractivity contribution in [2.45, 2.75) is 24.7 Å². The van der Waals surface area contributed by atoms with Crippen molar-refractivity contribution < 1.29 is 13.5 Å². The van der Waals surface area contributed by atoms with Crippen LogP contribution in [0.4, 0.5) is 5.69 Å². The van der Waals surface area contributed by atoms with Gasteiger partial charge in [-0.15, -0.1) is 0 Å². The predicted molar refractivity (Wildman–Crippen MR) is 84.4 cm³/mol. The first-order chi connectivity index (χ1) is 9.92. The van der Waals surface area contributed by atoms with Crippen molar-refractivity contribution in [1.29, 1.82) is 0 Å². The molecule has 21 heavy (non-hydrogen) atoms. The SMILES string of the molecule is CCCc1ccc(S(=O)(=O)Nc2cc(Cl)ccc2O)cc1. The number of benzene rings is 2. The van der Waals surface area contributed by atoms with Crippen molar-refractivity contribution in [3.63, 3.8) is 0 Å². The molecule has 0 aromatic heterocycles. The summed E-state index contributed by atoms with van der Waals surface area (Å²) in [5, 5.41) is 10.0. The summed E-state index contributed by atoms with van der Waals surface area (Å²) in [4.78, 5) is 0.140. The Morgan fingerprint density at radius 2 is 1.81 bits per heavy atom. The summed E-state index contributed by atoms with van der Waals surface area (Å²) in [6.45, 7) is 2.06. The van der Waals surface area contributed by atoms with E-state index >= 15 is 0 Å². The number of hydrogen-bond donors (Lipinski definition) is 2. The molecule has 6 heteroatoms. The van der Waals surface area contributed by atoms with Gasteiger partial charge in [-0.2, -0.15) is 0 Å². The largest absolute Gasteiger partial charge is 0.506 e. The lowest BCUT2D eigenvalue weighted by Crippen LogP contribution is -2.13. The van der Waals surface area contributed by atoms with Crippen molar-refractivity contribution in [2.24, 2.45) is 0 Å². The zero-order valence-electron chi connectivity index (χ0n) is 11.5. The van der Waals surface area contributed by atoms with Crippen molar-refractivity contribution in [3.8, 4) is 5.75 Å². The van der Waals surface area contributed by atoms with E-state index in [0.717, 1.165) is 18.4 Å².